The molecule has 0 aromatic heterocycles. The third-order valence-corrected chi connectivity index (χ3v) is 3.50. The number of benzene rings is 1. The van der Waals surface area contributed by atoms with Gasteiger partial charge in [0.1, 0.15) is 0 Å². The average molecular weight is 266 g/mol. The highest BCUT2D eigenvalue weighted by molar-refractivity contribution is 8.00. The zero-order chi connectivity index (χ0) is 13.5. The molecule has 0 saturated heterocycles. The monoisotopic (exact) mass is 266 g/mol. The Morgan fingerprint density at radius 3 is 2.44 bits per heavy atom. The van der Waals surface area contributed by atoms with Gasteiger partial charge in [0.05, 0.1) is 0 Å². The minimum Gasteiger partial charge on any atom is -0.309 e. The second-order valence-electron chi connectivity index (χ2n) is 4.36. The third kappa shape index (κ3) is 4.58. The van der Waals surface area contributed by atoms with Crippen molar-refractivity contribution in [2.75, 3.05) is 26.4 Å². The largest absolute Gasteiger partial charge is 0.309 e. The molecule has 5 heteroatoms. The number of nitrogens with zero attached hydrogens (tertiary/aromatic N) is 2. The lowest BCUT2D eigenvalue weighted by Crippen LogP contribution is -2.20. The van der Waals surface area contributed by atoms with E-state index in [9.17, 15) is 9.70 Å². The van der Waals surface area contributed by atoms with E-state index in [2.05, 4.69) is 5.18 Å². The molecule has 1 atom stereocenters. The van der Waals surface area contributed by atoms with Crippen molar-refractivity contribution in [2.24, 2.45) is 5.18 Å². The Labute approximate surface area is 112 Å². The summed E-state index contributed by atoms with van der Waals surface area (Å²) in [6.45, 7) is 2.77. The van der Waals surface area contributed by atoms with Gasteiger partial charge in [-0.3, -0.25) is 4.79 Å². The summed E-state index contributed by atoms with van der Waals surface area (Å²) in [4.78, 5) is 24.8. The molecule has 0 aliphatic rings. The molecule has 0 aliphatic heterocycles. The van der Waals surface area contributed by atoms with Gasteiger partial charge in [0, 0.05) is 17.9 Å². The van der Waals surface area contributed by atoms with E-state index in [1.54, 1.807) is 12.1 Å². The van der Waals surface area contributed by atoms with Crippen LogP contribution in [0.1, 0.15) is 15.9 Å². The quantitative estimate of drug-likeness (QED) is 0.562. The van der Waals surface area contributed by atoms with Gasteiger partial charge in [-0.15, -0.1) is 16.7 Å². The van der Waals surface area contributed by atoms with Crippen LogP contribution in [-0.4, -0.2) is 42.4 Å². The minimum atomic E-state index is -0.840. The molecule has 0 heterocycles. The van der Waals surface area contributed by atoms with E-state index in [-0.39, 0.29) is 5.78 Å². The number of rotatable bonds is 7. The molecular weight excluding hydrogens is 248 g/mol. The maximum Gasteiger partial charge on any atom is 0.201 e. The van der Waals surface area contributed by atoms with Gasteiger partial charge in [-0.05, 0) is 26.2 Å². The molecule has 1 aromatic carbocycles. The molecule has 98 valence electrons. The predicted octanol–water partition coefficient (Wildman–Crippen LogP) is 2.57. The Hall–Kier alpha value is -1.20. The van der Waals surface area contributed by atoms with Crippen LogP contribution >= 0.6 is 11.8 Å². The van der Waals surface area contributed by atoms with E-state index in [1.165, 1.54) is 11.8 Å². The fourth-order valence-corrected chi connectivity index (χ4v) is 2.40. The Morgan fingerprint density at radius 1 is 1.33 bits per heavy atom. The lowest BCUT2D eigenvalue weighted by atomic mass is 10.1. The van der Waals surface area contributed by atoms with Crippen molar-refractivity contribution in [2.45, 2.75) is 12.3 Å². The van der Waals surface area contributed by atoms with Crippen molar-refractivity contribution in [1.29, 1.82) is 0 Å². The van der Waals surface area contributed by atoms with Crippen LogP contribution in [0, 0.1) is 11.8 Å². The summed E-state index contributed by atoms with van der Waals surface area (Å²) in [7, 11) is 3.90. The van der Waals surface area contributed by atoms with E-state index in [4.69, 9.17) is 0 Å². The van der Waals surface area contributed by atoms with Gasteiger partial charge in [-0.1, -0.05) is 29.8 Å². The highest BCUT2D eigenvalue weighted by Gasteiger charge is 2.21. The first-order valence-electron chi connectivity index (χ1n) is 5.74. The number of ketones is 1. The smallest absolute Gasteiger partial charge is 0.201 e. The highest BCUT2D eigenvalue weighted by Crippen LogP contribution is 2.18. The van der Waals surface area contributed by atoms with E-state index >= 15 is 0 Å². The standard InChI is InChI=1S/C13H18N2O2S/c1-10-4-6-11(7-5-10)12(16)13(14-17)18-9-8-15(2)3/h4-7,13H,8-9H2,1-3H3. The van der Waals surface area contributed by atoms with Gasteiger partial charge in [0.2, 0.25) is 5.78 Å². The van der Waals surface area contributed by atoms with E-state index in [1.807, 2.05) is 38.1 Å². The third-order valence-electron chi connectivity index (χ3n) is 2.47. The molecule has 0 N–H and O–H groups in total. The Kier molecular flexibility index (Phi) is 6.01. The maximum absolute atomic E-state index is 12.0. The lowest BCUT2D eigenvalue weighted by Gasteiger charge is -2.11. The lowest BCUT2D eigenvalue weighted by molar-refractivity contribution is 0.0991. The fraction of sp³-hybridized carbons (Fsp3) is 0.462. The van der Waals surface area contributed by atoms with Gasteiger partial charge >= 0.3 is 0 Å². The normalized spacial score (nSPS) is 12.4. The summed E-state index contributed by atoms with van der Waals surface area (Å²) in [6, 6.07) is 7.20. The number of Topliss-reactive ketones (excluding diaryl/α,β-unsaturated/α-hetero) is 1. The van der Waals surface area contributed by atoms with Crippen molar-refractivity contribution >= 4 is 17.5 Å². The number of nitroso groups, excluding NO2 is 1. The first-order chi connectivity index (χ1) is 8.54. The van der Waals surface area contributed by atoms with Crippen LogP contribution in [0.3, 0.4) is 0 Å². The van der Waals surface area contributed by atoms with E-state index < -0.39 is 5.37 Å². The van der Waals surface area contributed by atoms with Gasteiger partial charge in [0.15, 0.2) is 5.37 Å². The zero-order valence-corrected chi connectivity index (χ0v) is 11.7. The van der Waals surface area contributed by atoms with Gasteiger partial charge in [-0.2, -0.15) is 0 Å². The van der Waals surface area contributed by atoms with Crippen LogP contribution in [0.25, 0.3) is 0 Å². The first-order valence-corrected chi connectivity index (χ1v) is 6.79. The van der Waals surface area contributed by atoms with Crippen LogP contribution < -0.4 is 0 Å². The van der Waals surface area contributed by atoms with Crippen molar-refractivity contribution in [1.82, 2.24) is 4.90 Å². The Bertz CT molecular complexity index is 404. The summed E-state index contributed by atoms with van der Waals surface area (Å²) in [5, 5.41) is 2.09. The molecule has 0 fully saturated rings. The minimum absolute atomic E-state index is 0.214. The van der Waals surface area contributed by atoms with Crippen molar-refractivity contribution in [3.05, 3.63) is 40.3 Å². The number of hydrogen-bond donors (Lipinski definition) is 0. The number of carbonyl (C=O) groups excluding carboxylic acids is 1. The molecule has 1 rings (SSSR count). The molecule has 0 spiro atoms. The molecule has 4 nitrogen and oxygen atoms in total. The summed E-state index contributed by atoms with van der Waals surface area (Å²) in [6.07, 6.45) is 0. The maximum atomic E-state index is 12.0. The highest BCUT2D eigenvalue weighted by atomic mass is 32.2. The van der Waals surface area contributed by atoms with Crippen LogP contribution in [0.2, 0.25) is 0 Å². The van der Waals surface area contributed by atoms with E-state index in [0.717, 1.165) is 12.1 Å². The van der Waals surface area contributed by atoms with Crippen molar-refractivity contribution in [3.63, 3.8) is 0 Å². The van der Waals surface area contributed by atoms with Crippen LogP contribution in [0.5, 0.6) is 0 Å². The van der Waals surface area contributed by atoms with Gasteiger partial charge in [-0.25, -0.2) is 0 Å². The topological polar surface area (TPSA) is 49.7 Å². The molecule has 1 unspecified atom stereocenters. The average Bonchev–Trinajstić information content (AvgIpc) is 2.34. The first kappa shape index (κ1) is 14.9. The molecule has 0 saturated carbocycles. The van der Waals surface area contributed by atoms with Crippen LogP contribution in [-0.2, 0) is 0 Å². The molecule has 0 bridgehead atoms. The van der Waals surface area contributed by atoms with Gasteiger partial charge in [0.25, 0.3) is 0 Å². The SMILES string of the molecule is Cc1ccc(C(=O)C(N=O)SCCN(C)C)cc1. The molecule has 0 amide bonds. The summed E-state index contributed by atoms with van der Waals surface area (Å²) >= 11 is 1.29. The van der Waals surface area contributed by atoms with Crippen LogP contribution in [0.4, 0.5) is 0 Å². The second kappa shape index (κ2) is 7.28. The predicted molar refractivity (Wildman–Crippen MR) is 76.1 cm³/mol. The molecular formula is C13H18N2O2S. The van der Waals surface area contributed by atoms with Crippen LogP contribution in [0.15, 0.2) is 29.4 Å². The second-order valence-corrected chi connectivity index (χ2v) is 5.55. The van der Waals surface area contributed by atoms with Crippen molar-refractivity contribution in [3.8, 4) is 0 Å². The number of aryl methyl sites for hydroxylation is 1. The number of thioether (sulfide) groups is 1. The molecule has 18 heavy (non-hydrogen) atoms. The number of hydrogen-bond acceptors (Lipinski definition) is 5. The summed E-state index contributed by atoms with van der Waals surface area (Å²) in [5.41, 5.74) is 1.63. The number of carbonyl (C=O) groups is 1. The molecule has 0 aliphatic carbocycles. The zero-order valence-electron chi connectivity index (χ0n) is 10.9. The molecule has 1 aromatic rings. The van der Waals surface area contributed by atoms with Crippen molar-refractivity contribution < 1.29 is 4.79 Å². The van der Waals surface area contributed by atoms with Gasteiger partial charge < -0.3 is 4.90 Å². The van der Waals surface area contributed by atoms with E-state index in [0.29, 0.717) is 11.3 Å². The Balaban J connectivity index is 2.61. The molecule has 0 radical (unpaired) electrons. The summed E-state index contributed by atoms with van der Waals surface area (Å²) in [5.74, 6) is 0.495. The fourth-order valence-electron chi connectivity index (χ4n) is 1.36. The Morgan fingerprint density at radius 2 is 1.94 bits per heavy atom. The summed E-state index contributed by atoms with van der Waals surface area (Å²) < 4.78 is 0.